The number of allylic oxidation sites excluding steroid dienone is 3. The smallest absolute Gasteiger partial charge is 0.306 e. The molecule has 258 valence electrons. The molecule has 2 nitrogen and oxygen atoms in total. The van der Waals surface area contributed by atoms with Gasteiger partial charge >= 0.3 is 5.97 Å². The molecule has 0 aliphatic heterocycles. The van der Waals surface area contributed by atoms with Crippen LogP contribution in [0.2, 0.25) is 0 Å². The Labute approximate surface area is 280 Å². The molecular formula is C43H74O2. The average Bonchev–Trinajstić information content (AvgIpc) is 3.37. The first-order valence-electron chi connectivity index (χ1n) is 20.3. The number of ether oxygens (including phenoxy) is 1. The third-order valence-electron chi connectivity index (χ3n) is 13.5. The zero-order valence-corrected chi connectivity index (χ0v) is 30.9. The summed E-state index contributed by atoms with van der Waals surface area (Å²) in [6.07, 6.45) is 36.1. The topological polar surface area (TPSA) is 26.3 Å². The Morgan fingerprint density at radius 1 is 0.756 bits per heavy atom. The minimum Gasteiger partial charge on any atom is -0.462 e. The number of esters is 1. The van der Waals surface area contributed by atoms with E-state index in [4.69, 9.17) is 4.74 Å². The SMILES string of the molecule is CCCCCCCCCCCCCCCC(=O)O[C@H]1CC[C@@]2(C)C(=CC=C3[C@@H]4CC[C@H]([C@H](C)CCCC(C)C)[C@@]4(C)CC[C@@H]32)C1. The van der Waals surface area contributed by atoms with Crippen molar-refractivity contribution in [3.63, 3.8) is 0 Å². The molecule has 4 aliphatic rings. The maximum atomic E-state index is 12.8. The summed E-state index contributed by atoms with van der Waals surface area (Å²) >= 11 is 0. The van der Waals surface area contributed by atoms with E-state index in [1.54, 1.807) is 11.1 Å². The molecule has 0 unspecified atom stereocenters. The molecule has 0 aromatic heterocycles. The Morgan fingerprint density at radius 3 is 2.04 bits per heavy atom. The fourth-order valence-electron chi connectivity index (χ4n) is 10.6. The van der Waals surface area contributed by atoms with E-state index in [9.17, 15) is 4.79 Å². The molecule has 0 aromatic rings. The lowest BCUT2D eigenvalue weighted by Gasteiger charge is -2.55. The van der Waals surface area contributed by atoms with Crippen molar-refractivity contribution in [1.82, 2.24) is 0 Å². The van der Waals surface area contributed by atoms with Gasteiger partial charge in [-0.05, 0) is 85.4 Å². The molecule has 0 amide bonds. The third kappa shape index (κ3) is 9.75. The van der Waals surface area contributed by atoms with Gasteiger partial charge in [-0.2, -0.15) is 0 Å². The van der Waals surface area contributed by atoms with Crippen molar-refractivity contribution in [1.29, 1.82) is 0 Å². The van der Waals surface area contributed by atoms with E-state index < -0.39 is 0 Å². The van der Waals surface area contributed by atoms with Crippen molar-refractivity contribution in [2.75, 3.05) is 0 Å². The van der Waals surface area contributed by atoms with Crippen LogP contribution in [0.1, 0.15) is 196 Å². The largest absolute Gasteiger partial charge is 0.462 e. The highest BCUT2D eigenvalue weighted by molar-refractivity contribution is 5.69. The van der Waals surface area contributed by atoms with E-state index >= 15 is 0 Å². The molecule has 3 saturated carbocycles. The molecule has 3 fully saturated rings. The number of fused-ring (bicyclic) bond motifs is 5. The van der Waals surface area contributed by atoms with Crippen LogP contribution < -0.4 is 0 Å². The first-order valence-corrected chi connectivity index (χ1v) is 20.3. The van der Waals surface area contributed by atoms with E-state index in [1.807, 2.05) is 0 Å². The molecule has 0 saturated heterocycles. The van der Waals surface area contributed by atoms with Crippen LogP contribution in [0.4, 0.5) is 0 Å². The summed E-state index contributed by atoms with van der Waals surface area (Å²) in [6, 6.07) is 0. The maximum absolute atomic E-state index is 12.8. The van der Waals surface area contributed by atoms with E-state index in [2.05, 4.69) is 53.7 Å². The number of unbranched alkanes of at least 4 members (excludes halogenated alkanes) is 12. The quantitative estimate of drug-likeness (QED) is 0.0997. The highest BCUT2D eigenvalue weighted by Gasteiger charge is 2.57. The number of hydrogen-bond acceptors (Lipinski definition) is 2. The van der Waals surface area contributed by atoms with Crippen LogP contribution in [0.15, 0.2) is 23.3 Å². The highest BCUT2D eigenvalue weighted by atomic mass is 16.5. The van der Waals surface area contributed by atoms with Gasteiger partial charge in [0.15, 0.2) is 0 Å². The summed E-state index contributed by atoms with van der Waals surface area (Å²) in [5.41, 5.74) is 4.12. The second-order valence-electron chi connectivity index (χ2n) is 17.3. The van der Waals surface area contributed by atoms with Crippen molar-refractivity contribution < 1.29 is 9.53 Å². The normalized spacial score (nSPS) is 31.5. The Morgan fingerprint density at radius 2 is 1.40 bits per heavy atom. The van der Waals surface area contributed by atoms with Crippen molar-refractivity contribution >= 4 is 5.97 Å². The molecule has 0 radical (unpaired) electrons. The molecule has 7 atom stereocenters. The monoisotopic (exact) mass is 623 g/mol. The van der Waals surface area contributed by atoms with Gasteiger partial charge in [0.1, 0.15) is 6.10 Å². The van der Waals surface area contributed by atoms with Gasteiger partial charge in [0, 0.05) is 12.8 Å². The molecule has 4 aliphatic carbocycles. The fourth-order valence-corrected chi connectivity index (χ4v) is 10.6. The number of carbonyl (C=O) groups is 1. The molecule has 4 rings (SSSR count). The van der Waals surface area contributed by atoms with Crippen molar-refractivity contribution in [2.24, 2.45) is 40.4 Å². The van der Waals surface area contributed by atoms with Crippen LogP contribution in [0.3, 0.4) is 0 Å². The van der Waals surface area contributed by atoms with Crippen LogP contribution in [0, 0.1) is 40.4 Å². The van der Waals surface area contributed by atoms with Gasteiger partial charge in [-0.15, -0.1) is 0 Å². The molecule has 2 heteroatoms. The molecule has 0 aromatic carbocycles. The Kier molecular flexibility index (Phi) is 14.6. The first-order chi connectivity index (χ1) is 21.7. The lowest BCUT2D eigenvalue weighted by atomic mass is 9.50. The summed E-state index contributed by atoms with van der Waals surface area (Å²) in [6.45, 7) is 14.8. The molecule has 0 bridgehead atoms. The first kappa shape index (κ1) is 36.8. The van der Waals surface area contributed by atoms with E-state index in [0.29, 0.717) is 17.8 Å². The molecule has 0 heterocycles. The van der Waals surface area contributed by atoms with Gasteiger partial charge in [-0.1, -0.05) is 161 Å². The number of rotatable bonds is 20. The van der Waals surface area contributed by atoms with Gasteiger partial charge < -0.3 is 4.74 Å². The summed E-state index contributed by atoms with van der Waals surface area (Å²) in [5.74, 6) is 4.10. The molecular weight excluding hydrogens is 548 g/mol. The number of hydrogen-bond donors (Lipinski definition) is 0. The lowest BCUT2D eigenvalue weighted by molar-refractivity contribution is -0.151. The van der Waals surface area contributed by atoms with Crippen LogP contribution >= 0.6 is 0 Å². The predicted octanol–water partition coefficient (Wildman–Crippen LogP) is 13.3. The van der Waals surface area contributed by atoms with Crippen LogP contribution in [-0.2, 0) is 9.53 Å². The van der Waals surface area contributed by atoms with Gasteiger partial charge in [-0.3, -0.25) is 4.79 Å². The summed E-state index contributed by atoms with van der Waals surface area (Å²) in [4.78, 5) is 12.8. The maximum Gasteiger partial charge on any atom is 0.306 e. The molecule has 0 spiro atoms. The Balaban J connectivity index is 1.17. The minimum atomic E-state index is 0.0484. The summed E-state index contributed by atoms with van der Waals surface area (Å²) in [7, 11) is 0. The van der Waals surface area contributed by atoms with Crippen LogP contribution in [-0.4, -0.2) is 12.1 Å². The highest BCUT2D eigenvalue weighted by Crippen LogP contribution is 2.66. The molecule has 0 N–H and O–H groups in total. The zero-order valence-electron chi connectivity index (χ0n) is 30.9. The summed E-state index contributed by atoms with van der Waals surface area (Å²) < 4.78 is 6.10. The van der Waals surface area contributed by atoms with Crippen LogP contribution in [0.25, 0.3) is 0 Å². The van der Waals surface area contributed by atoms with E-state index in [-0.39, 0.29) is 17.5 Å². The average molecular weight is 623 g/mol. The Hall–Kier alpha value is -1.05. The summed E-state index contributed by atoms with van der Waals surface area (Å²) in [5, 5.41) is 0. The van der Waals surface area contributed by atoms with E-state index in [1.165, 1.54) is 128 Å². The number of carbonyl (C=O) groups excluding carboxylic acids is 1. The van der Waals surface area contributed by atoms with Crippen molar-refractivity contribution in [3.8, 4) is 0 Å². The van der Waals surface area contributed by atoms with Gasteiger partial charge in [-0.25, -0.2) is 0 Å². The Bertz CT molecular complexity index is 959. The lowest BCUT2D eigenvalue weighted by Crippen LogP contribution is -2.46. The zero-order chi connectivity index (χ0) is 32.3. The van der Waals surface area contributed by atoms with Crippen molar-refractivity contribution in [2.45, 2.75) is 202 Å². The predicted molar refractivity (Wildman–Crippen MR) is 193 cm³/mol. The standard InChI is InChI=1S/C43H74O2/c1-7-8-9-10-11-12-13-14-15-16-17-18-19-23-41(44)45-36-28-30-42(5)35(32-36)24-25-37-39-27-26-38(34(4)22-20-21-33(2)3)43(39,6)31-29-40(37)42/h24-25,33-34,36,38-40H,7-23,26-32H2,1-6H3/t34-,36+,38-,39+,40+,42+,43-/m1/s1. The fraction of sp³-hybridized carbons (Fsp3) is 0.884. The van der Waals surface area contributed by atoms with Crippen molar-refractivity contribution in [3.05, 3.63) is 23.3 Å². The van der Waals surface area contributed by atoms with Gasteiger partial charge in [0.25, 0.3) is 0 Å². The second-order valence-corrected chi connectivity index (χ2v) is 17.3. The van der Waals surface area contributed by atoms with Gasteiger partial charge in [0.05, 0.1) is 0 Å². The second kappa shape index (κ2) is 17.9. The van der Waals surface area contributed by atoms with E-state index in [0.717, 1.165) is 42.9 Å². The van der Waals surface area contributed by atoms with Gasteiger partial charge in [0.2, 0.25) is 0 Å². The molecule has 45 heavy (non-hydrogen) atoms. The minimum absolute atomic E-state index is 0.0484. The third-order valence-corrected chi connectivity index (χ3v) is 13.5. The van der Waals surface area contributed by atoms with Crippen LogP contribution in [0.5, 0.6) is 0 Å².